The number of nitrogens with zero attached hydrogens (tertiary/aromatic N) is 2. The summed E-state index contributed by atoms with van der Waals surface area (Å²) in [7, 11) is 0. The van der Waals surface area contributed by atoms with Gasteiger partial charge >= 0.3 is 0 Å². The first-order chi connectivity index (χ1) is 14.3. The van der Waals surface area contributed by atoms with Gasteiger partial charge in [0.2, 0.25) is 0 Å². The third kappa shape index (κ3) is 4.51. The number of benzene rings is 2. The molecule has 1 aromatic heterocycles. The molecular weight excluding hydrogens is 429 g/mol. The zero-order chi connectivity index (χ0) is 21.8. The summed E-state index contributed by atoms with van der Waals surface area (Å²) in [5.74, 6) is -0.0948. The van der Waals surface area contributed by atoms with Crippen LogP contribution in [0.15, 0.2) is 58.5 Å². The Balaban J connectivity index is 1.86. The monoisotopic (exact) mass is 441 g/mol. The first-order valence-electron chi connectivity index (χ1n) is 8.52. The summed E-state index contributed by atoms with van der Waals surface area (Å²) in [6.07, 6.45) is 1.26. The Hall–Kier alpha value is -3.60. The zero-order valence-corrected chi connectivity index (χ0v) is 17.0. The van der Waals surface area contributed by atoms with Gasteiger partial charge in [-0.3, -0.25) is 14.9 Å². The third-order valence-corrected chi connectivity index (χ3v) is 4.99. The molecule has 0 aliphatic carbocycles. The van der Waals surface area contributed by atoms with E-state index < -0.39 is 10.8 Å². The van der Waals surface area contributed by atoms with Gasteiger partial charge in [-0.05, 0) is 31.2 Å². The van der Waals surface area contributed by atoms with Gasteiger partial charge in [0.25, 0.3) is 11.6 Å². The van der Waals surface area contributed by atoms with Crippen molar-refractivity contribution in [2.45, 2.75) is 6.92 Å². The lowest BCUT2D eigenvalue weighted by atomic mass is 10.1. The number of nitro benzene ring substituents is 1. The van der Waals surface area contributed by atoms with Gasteiger partial charge in [0.05, 0.1) is 20.7 Å². The Kier molecular flexibility index (Phi) is 6.21. The Morgan fingerprint density at radius 2 is 2.00 bits per heavy atom. The van der Waals surface area contributed by atoms with Crippen LogP contribution in [0, 0.1) is 28.4 Å². The average molecular weight is 442 g/mol. The molecule has 150 valence electrons. The van der Waals surface area contributed by atoms with E-state index in [0.717, 1.165) is 0 Å². The molecule has 1 heterocycles. The van der Waals surface area contributed by atoms with E-state index in [9.17, 15) is 20.2 Å². The Bertz CT molecular complexity index is 1230. The normalized spacial score (nSPS) is 11.1. The number of carbonyl (C=O) groups is 1. The number of halogens is 2. The number of nitro groups is 1. The van der Waals surface area contributed by atoms with E-state index in [2.05, 4.69) is 5.32 Å². The van der Waals surface area contributed by atoms with Crippen LogP contribution in [0.5, 0.6) is 0 Å². The molecule has 0 saturated carbocycles. The molecule has 0 bridgehead atoms. The van der Waals surface area contributed by atoms with Gasteiger partial charge in [-0.1, -0.05) is 41.4 Å². The van der Waals surface area contributed by atoms with Crippen LogP contribution in [0.2, 0.25) is 10.0 Å². The van der Waals surface area contributed by atoms with Gasteiger partial charge in [-0.25, -0.2) is 0 Å². The number of anilines is 1. The van der Waals surface area contributed by atoms with Crippen LogP contribution in [0.4, 0.5) is 11.4 Å². The minimum absolute atomic E-state index is 0.0310. The third-order valence-electron chi connectivity index (χ3n) is 4.17. The van der Waals surface area contributed by atoms with Crippen molar-refractivity contribution in [1.29, 1.82) is 5.26 Å². The first-order valence-corrected chi connectivity index (χ1v) is 9.28. The molecule has 30 heavy (non-hydrogen) atoms. The van der Waals surface area contributed by atoms with Crippen molar-refractivity contribution in [3.63, 3.8) is 0 Å². The molecule has 1 N–H and O–H groups in total. The minimum atomic E-state index is -0.689. The maximum absolute atomic E-state index is 12.4. The van der Waals surface area contributed by atoms with Crippen LogP contribution >= 0.6 is 23.2 Å². The van der Waals surface area contributed by atoms with E-state index in [1.54, 1.807) is 49.4 Å². The highest BCUT2D eigenvalue weighted by Crippen LogP contribution is 2.31. The summed E-state index contributed by atoms with van der Waals surface area (Å²) in [6, 6.07) is 14.4. The van der Waals surface area contributed by atoms with Crippen molar-refractivity contribution in [3.8, 4) is 17.4 Å². The molecule has 1 amide bonds. The lowest BCUT2D eigenvalue weighted by Gasteiger charge is -2.07. The summed E-state index contributed by atoms with van der Waals surface area (Å²) in [6.45, 7) is 1.64. The molecule has 0 radical (unpaired) electrons. The van der Waals surface area contributed by atoms with Crippen molar-refractivity contribution < 1.29 is 14.1 Å². The molecule has 0 unspecified atom stereocenters. The maximum Gasteiger partial charge on any atom is 0.273 e. The van der Waals surface area contributed by atoms with Crippen LogP contribution in [0.25, 0.3) is 17.4 Å². The molecule has 0 aliphatic heterocycles. The SMILES string of the molecule is Cc1ccc(-c2ccc(/C=C(/C#N)C(=O)Nc3cccc(Cl)c3Cl)o2)cc1[N+](=O)[O-]. The van der Waals surface area contributed by atoms with Crippen molar-refractivity contribution in [3.05, 3.63) is 85.6 Å². The summed E-state index contributed by atoms with van der Waals surface area (Å²) in [4.78, 5) is 23.1. The number of nitrogens with one attached hydrogen (secondary N) is 1. The highest BCUT2D eigenvalue weighted by molar-refractivity contribution is 6.44. The maximum atomic E-state index is 12.4. The summed E-state index contributed by atoms with van der Waals surface area (Å²) < 4.78 is 5.64. The molecule has 2 aromatic carbocycles. The summed E-state index contributed by atoms with van der Waals surface area (Å²) in [5.41, 5.74) is 1.04. The number of hydrogen-bond donors (Lipinski definition) is 1. The smallest absolute Gasteiger partial charge is 0.273 e. The fourth-order valence-corrected chi connectivity index (χ4v) is 2.97. The molecular formula is C21H13Cl2N3O4. The Morgan fingerprint density at radius 1 is 1.23 bits per heavy atom. The van der Waals surface area contributed by atoms with E-state index in [1.165, 1.54) is 12.1 Å². The van der Waals surface area contributed by atoms with Crippen LogP contribution in [0.1, 0.15) is 11.3 Å². The van der Waals surface area contributed by atoms with E-state index >= 15 is 0 Å². The Labute approximate surface area is 181 Å². The van der Waals surface area contributed by atoms with E-state index in [4.69, 9.17) is 27.6 Å². The number of amides is 1. The molecule has 0 saturated heterocycles. The number of aryl methyl sites for hydroxylation is 1. The second kappa shape index (κ2) is 8.82. The molecule has 0 aliphatic rings. The fourth-order valence-electron chi connectivity index (χ4n) is 2.63. The van der Waals surface area contributed by atoms with E-state index in [0.29, 0.717) is 16.9 Å². The zero-order valence-electron chi connectivity index (χ0n) is 15.5. The standard InChI is InChI=1S/C21H13Cl2N3O4/c1-12-5-6-13(10-18(12)26(28)29)19-8-7-15(30-19)9-14(11-24)21(27)25-17-4-2-3-16(22)20(17)23/h2-10H,1H3,(H,25,27)/b14-9-. The second-order valence-corrected chi connectivity index (χ2v) is 6.97. The predicted octanol–water partition coefficient (Wildman–Crippen LogP) is 6.02. The predicted molar refractivity (Wildman–Crippen MR) is 114 cm³/mol. The lowest BCUT2D eigenvalue weighted by molar-refractivity contribution is -0.385. The van der Waals surface area contributed by atoms with E-state index in [-0.39, 0.29) is 32.8 Å². The fraction of sp³-hybridized carbons (Fsp3) is 0.0476. The van der Waals surface area contributed by atoms with Crippen molar-refractivity contribution in [1.82, 2.24) is 0 Å². The van der Waals surface area contributed by atoms with Gasteiger partial charge < -0.3 is 9.73 Å². The summed E-state index contributed by atoms with van der Waals surface area (Å²) in [5, 5.41) is 23.4. The number of hydrogen-bond acceptors (Lipinski definition) is 5. The van der Waals surface area contributed by atoms with Gasteiger partial charge in [0.15, 0.2) is 0 Å². The Morgan fingerprint density at radius 3 is 2.70 bits per heavy atom. The highest BCUT2D eigenvalue weighted by atomic mass is 35.5. The number of rotatable bonds is 5. The van der Waals surface area contributed by atoms with Gasteiger partial charge in [0, 0.05) is 23.3 Å². The second-order valence-electron chi connectivity index (χ2n) is 6.19. The first kappa shape index (κ1) is 21.1. The highest BCUT2D eigenvalue weighted by Gasteiger charge is 2.16. The average Bonchev–Trinajstić information content (AvgIpc) is 3.18. The molecule has 0 fully saturated rings. The molecule has 9 heteroatoms. The van der Waals surface area contributed by atoms with E-state index in [1.807, 2.05) is 6.07 Å². The van der Waals surface area contributed by atoms with Crippen LogP contribution in [-0.2, 0) is 4.79 Å². The lowest BCUT2D eigenvalue weighted by Crippen LogP contribution is -2.13. The molecule has 3 aromatic rings. The quantitative estimate of drug-likeness (QED) is 0.225. The topological polar surface area (TPSA) is 109 Å². The molecule has 0 atom stereocenters. The number of nitriles is 1. The molecule has 3 rings (SSSR count). The molecule has 7 nitrogen and oxygen atoms in total. The van der Waals surface area contributed by atoms with Gasteiger partial charge in [0.1, 0.15) is 23.2 Å². The van der Waals surface area contributed by atoms with Crippen LogP contribution in [0.3, 0.4) is 0 Å². The van der Waals surface area contributed by atoms with Crippen molar-refractivity contribution >= 4 is 46.6 Å². The van der Waals surface area contributed by atoms with Crippen LogP contribution in [-0.4, -0.2) is 10.8 Å². The van der Waals surface area contributed by atoms with Crippen LogP contribution < -0.4 is 5.32 Å². The summed E-state index contributed by atoms with van der Waals surface area (Å²) >= 11 is 12.0. The van der Waals surface area contributed by atoms with Crippen molar-refractivity contribution in [2.75, 3.05) is 5.32 Å². The number of furan rings is 1. The minimum Gasteiger partial charge on any atom is -0.457 e. The van der Waals surface area contributed by atoms with Crippen molar-refractivity contribution in [2.24, 2.45) is 0 Å². The number of carbonyl (C=O) groups excluding carboxylic acids is 1. The molecule has 0 spiro atoms. The van der Waals surface area contributed by atoms with Gasteiger partial charge in [-0.15, -0.1) is 0 Å². The largest absolute Gasteiger partial charge is 0.457 e. The van der Waals surface area contributed by atoms with Gasteiger partial charge in [-0.2, -0.15) is 5.26 Å².